The third-order valence-corrected chi connectivity index (χ3v) is 3.04. The molecule has 1 nitrogen and oxygen atoms in total. The summed E-state index contributed by atoms with van der Waals surface area (Å²) in [6.45, 7) is 1.66. The number of carbonyl (C=O) groups is 1. The summed E-state index contributed by atoms with van der Waals surface area (Å²) in [6, 6.07) is 2.61. The van der Waals surface area contributed by atoms with Gasteiger partial charge in [-0.1, -0.05) is 18.5 Å². The number of Topliss-reactive ketones (excluding diaryl/α,β-unsaturated/α-hetero) is 1. The van der Waals surface area contributed by atoms with Crippen LogP contribution in [-0.4, -0.2) is 11.2 Å². The topological polar surface area (TPSA) is 17.1 Å². The number of alkyl halides is 4. The summed E-state index contributed by atoms with van der Waals surface area (Å²) < 4.78 is 37.4. The number of benzene rings is 1. The lowest BCUT2D eigenvalue weighted by atomic mass is 10.0. The van der Waals surface area contributed by atoms with Crippen molar-refractivity contribution in [2.75, 3.05) is 0 Å². The molecule has 0 N–H and O–H groups in total. The molecule has 0 fully saturated rings. The summed E-state index contributed by atoms with van der Waals surface area (Å²) in [5.41, 5.74) is -1.10. The Morgan fingerprint density at radius 1 is 1.41 bits per heavy atom. The van der Waals surface area contributed by atoms with Crippen LogP contribution in [0.15, 0.2) is 18.2 Å². The summed E-state index contributed by atoms with van der Waals surface area (Å²) in [6.07, 6.45) is -4.18. The Morgan fingerprint density at radius 3 is 2.47 bits per heavy atom. The maximum atomic E-state index is 12.5. The van der Waals surface area contributed by atoms with Gasteiger partial charge < -0.3 is 0 Å². The number of hydrogen-bond acceptors (Lipinski definition) is 1. The highest BCUT2D eigenvalue weighted by atomic mass is 35.5. The van der Waals surface area contributed by atoms with Crippen molar-refractivity contribution in [1.82, 2.24) is 0 Å². The highest BCUT2D eigenvalue weighted by Crippen LogP contribution is 2.32. The van der Waals surface area contributed by atoms with Crippen LogP contribution in [-0.2, 0) is 6.18 Å². The zero-order chi connectivity index (χ0) is 13.2. The molecular weight excluding hydrogens is 276 g/mol. The van der Waals surface area contributed by atoms with Gasteiger partial charge in [-0.05, 0) is 24.6 Å². The Kier molecular flexibility index (Phi) is 4.44. The van der Waals surface area contributed by atoms with Gasteiger partial charge in [0.2, 0.25) is 0 Å². The van der Waals surface area contributed by atoms with Gasteiger partial charge in [0.05, 0.1) is 16.0 Å². The van der Waals surface area contributed by atoms with E-state index in [0.717, 1.165) is 18.2 Å². The second-order valence-corrected chi connectivity index (χ2v) is 4.37. The average molecular weight is 285 g/mol. The monoisotopic (exact) mass is 284 g/mol. The fraction of sp³-hybridized carbons (Fsp3) is 0.364. The lowest BCUT2D eigenvalue weighted by Crippen LogP contribution is -2.15. The number of ketones is 1. The molecule has 0 aliphatic carbocycles. The average Bonchev–Trinajstić information content (AvgIpc) is 2.26. The molecule has 0 saturated heterocycles. The van der Waals surface area contributed by atoms with Gasteiger partial charge in [0.1, 0.15) is 0 Å². The smallest absolute Gasteiger partial charge is 0.292 e. The molecule has 0 aliphatic heterocycles. The van der Waals surface area contributed by atoms with Crippen molar-refractivity contribution in [3.63, 3.8) is 0 Å². The van der Waals surface area contributed by atoms with E-state index in [4.69, 9.17) is 23.2 Å². The van der Waals surface area contributed by atoms with Gasteiger partial charge in [-0.2, -0.15) is 13.2 Å². The fourth-order valence-corrected chi connectivity index (χ4v) is 1.57. The van der Waals surface area contributed by atoms with Crippen molar-refractivity contribution in [3.05, 3.63) is 34.3 Å². The van der Waals surface area contributed by atoms with Crippen LogP contribution in [0.3, 0.4) is 0 Å². The van der Waals surface area contributed by atoms with Crippen molar-refractivity contribution < 1.29 is 18.0 Å². The van der Waals surface area contributed by atoms with Crippen LogP contribution in [0.5, 0.6) is 0 Å². The summed E-state index contributed by atoms with van der Waals surface area (Å²) in [5.74, 6) is -0.592. The lowest BCUT2D eigenvalue weighted by molar-refractivity contribution is -0.137. The Bertz CT molecular complexity index is 429. The van der Waals surface area contributed by atoms with Crippen LogP contribution in [0.2, 0.25) is 5.02 Å². The number of halogens is 5. The van der Waals surface area contributed by atoms with Gasteiger partial charge in [0.25, 0.3) is 0 Å². The molecule has 0 saturated carbocycles. The normalized spacial score (nSPS) is 13.5. The minimum Gasteiger partial charge on any atom is -0.292 e. The second-order valence-electron chi connectivity index (χ2n) is 3.43. The van der Waals surface area contributed by atoms with Gasteiger partial charge in [-0.15, -0.1) is 11.6 Å². The van der Waals surface area contributed by atoms with E-state index in [2.05, 4.69) is 0 Å². The van der Waals surface area contributed by atoms with Gasteiger partial charge >= 0.3 is 6.18 Å². The van der Waals surface area contributed by atoms with E-state index in [-0.39, 0.29) is 10.6 Å². The molecule has 17 heavy (non-hydrogen) atoms. The van der Waals surface area contributed by atoms with Crippen molar-refractivity contribution in [1.29, 1.82) is 0 Å². The van der Waals surface area contributed by atoms with E-state index in [1.807, 2.05) is 0 Å². The van der Waals surface area contributed by atoms with Gasteiger partial charge in [-0.25, -0.2) is 0 Å². The summed E-state index contributed by atoms with van der Waals surface area (Å²) in [5, 5.41) is -0.891. The van der Waals surface area contributed by atoms with Crippen LogP contribution in [0.25, 0.3) is 0 Å². The Balaban J connectivity index is 3.20. The minimum atomic E-state index is -4.51. The van der Waals surface area contributed by atoms with E-state index in [9.17, 15) is 18.0 Å². The molecule has 94 valence electrons. The summed E-state index contributed by atoms with van der Waals surface area (Å²) >= 11 is 11.4. The molecule has 1 unspecified atom stereocenters. The molecule has 0 radical (unpaired) electrons. The third kappa shape index (κ3) is 3.36. The van der Waals surface area contributed by atoms with Gasteiger partial charge in [-0.3, -0.25) is 4.79 Å². The molecule has 0 bridgehead atoms. The van der Waals surface area contributed by atoms with Gasteiger partial charge in [0.15, 0.2) is 5.78 Å². The molecule has 1 aromatic rings. The van der Waals surface area contributed by atoms with Crippen LogP contribution in [0.1, 0.15) is 29.3 Å². The minimum absolute atomic E-state index is 0.0258. The molecular formula is C11H9Cl2F3O. The van der Waals surface area contributed by atoms with Crippen LogP contribution >= 0.6 is 23.2 Å². The zero-order valence-electron chi connectivity index (χ0n) is 8.81. The largest absolute Gasteiger partial charge is 0.416 e. The van der Waals surface area contributed by atoms with Crippen molar-refractivity contribution in [2.24, 2.45) is 0 Å². The van der Waals surface area contributed by atoms with Crippen molar-refractivity contribution in [2.45, 2.75) is 24.9 Å². The fourth-order valence-electron chi connectivity index (χ4n) is 1.24. The zero-order valence-corrected chi connectivity index (χ0v) is 10.3. The molecule has 1 rings (SSSR count). The van der Waals surface area contributed by atoms with E-state index < -0.39 is 22.9 Å². The van der Waals surface area contributed by atoms with Crippen LogP contribution in [0.4, 0.5) is 13.2 Å². The van der Waals surface area contributed by atoms with E-state index in [1.165, 1.54) is 0 Å². The van der Waals surface area contributed by atoms with E-state index in [0.29, 0.717) is 6.42 Å². The quantitative estimate of drug-likeness (QED) is 0.587. The van der Waals surface area contributed by atoms with E-state index in [1.54, 1.807) is 6.92 Å². The molecule has 6 heteroatoms. The highest BCUT2D eigenvalue weighted by molar-refractivity contribution is 6.38. The first kappa shape index (κ1) is 14.3. The predicted octanol–water partition coefficient (Wildman–Crippen LogP) is 4.56. The first-order chi connectivity index (χ1) is 7.77. The summed E-state index contributed by atoms with van der Waals surface area (Å²) in [7, 11) is 0. The molecule has 1 atom stereocenters. The van der Waals surface area contributed by atoms with Crippen molar-refractivity contribution in [3.8, 4) is 0 Å². The molecule has 0 aliphatic rings. The van der Waals surface area contributed by atoms with Gasteiger partial charge in [0, 0.05) is 5.56 Å². The Labute approximate surface area is 107 Å². The molecule has 0 aromatic heterocycles. The Hall–Kier alpha value is -0.740. The van der Waals surface area contributed by atoms with Crippen molar-refractivity contribution >= 4 is 29.0 Å². The standard InChI is InChI=1S/C11H9Cl2F3O/c1-2-8(12)10(17)7-5-6(11(14,15)16)3-4-9(7)13/h3-5,8H,2H2,1H3. The van der Waals surface area contributed by atoms with Crippen LogP contribution in [0, 0.1) is 0 Å². The first-order valence-electron chi connectivity index (χ1n) is 4.82. The second kappa shape index (κ2) is 5.27. The maximum Gasteiger partial charge on any atom is 0.416 e. The number of hydrogen-bond donors (Lipinski definition) is 0. The lowest BCUT2D eigenvalue weighted by Gasteiger charge is -2.11. The summed E-state index contributed by atoms with van der Waals surface area (Å²) in [4.78, 5) is 11.7. The van der Waals surface area contributed by atoms with E-state index >= 15 is 0 Å². The molecule has 0 amide bonds. The molecule has 0 spiro atoms. The predicted molar refractivity (Wildman–Crippen MR) is 60.7 cm³/mol. The molecule has 0 heterocycles. The SMILES string of the molecule is CCC(Cl)C(=O)c1cc(C(F)(F)F)ccc1Cl. The highest BCUT2D eigenvalue weighted by Gasteiger charge is 2.32. The number of carbonyl (C=O) groups excluding carboxylic acids is 1. The third-order valence-electron chi connectivity index (χ3n) is 2.20. The molecule has 1 aromatic carbocycles. The number of rotatable bonds is 3. The Morgan fingerprint density at radius 2 is 2.00 bits per heavy atom. The maximum absolute atomic E-state index is 12.5. The van der Waals surface area contributed by atoms with Crippen LogP contribution < -0.4 is 0 Å². The first-order valence-corrected chi connectivity index (χ1v) is 5.63.